The van der Waals surface area contributed by atoms with Crippen LogP contribution in [0, 0.1) is 0 Å². The summed E-state index contributed by atoms with van der Waals surface area (Å²) >= 11 is 0. The van der Waals surface area contributed by atoms with Crippen LogP contribution in [0.3, 0.4) is 0 Å². The SMILES string of the molecule is CCC(=O)Oc1ccc(CO[C]=O)cc1. The van der Waals surface area contributed by atoms with E-state index in [2.05, 4.69) is 4.74 Å². The average molecular weight is 207 g/mol. The second-order valence-electron chi connectivity index (χ2n) is 2.84. The average Bonchev–Trinajstić information content (AvgIpc) is 2.28. The van der Waals surface area contributed by atoms with Crippen LogP contribution in [0.2, 0.25) is 0 Å². The van der Waals surface area contributed by atoms with Gasteiger partial charge in [-0.3, -0.25) is 4.79 Å². The van der Waals surface area contributed by atoms with Crippen molar-refractivity contribution in [1.82, 2.24) is 0 Å². The van der Waals surface area contributed by atoms with Gasteiger partial charge in [-0.05, 0) is 17.7 Å². The highest BCUT2D eigenvalue weighted by molar-refractivity contribution is 5.71. The molecule has 1 aromatic rings. The lowest BCUT2D eigenvalue weighted by Crippen LogP contribution is -2.05. The summed E-state index contributed by atoms with van der Waals surface area (Å²) in [6, 6.07) is 6.74. The summed E-state index contributed by atoms with van der Waals surface area (Å²) in [6.07, 6.45) is 0.338. The Morgan fingerprint density at radius 1 is 1.33 bits per heavy atom. The Labute approximate surface area is 87.8 Å². The number of carbonyl (C=O) groups is 1. The number of esters is 1. The van der Waals surface area contributed by atoms with Crippen molar-refractivity contribution in [2.75, 3.05) is 0 Å². The lowest BCUT2D eigenvalue weighted by Gasteiger charge is -2.03. The normalized spacial score (nSPS) is 9.40. The van der Waals surface area contributed by atoms with Gasteiger partial charge in [-0.25, -0.2) is 4.79 Å². The first-order valence-electron chi connectivity index (χ1n) is 4.54. The fourth-order valence-electron chi connectivity index (χ4n) is 0.970. The van der Waals surface area contributed by atoms with Crippen molar-refractivity contribution in [3.63, 3.8) is 0 Å². The molecule has 0 bridgehead atoms. The van der Waals surface area contributed by atoms with Crippen LogP contribution in [0.15, 0.2) is 24.3 Å². The zero-order chi connectivity index (χ0) is 11.1. The highest BCUT2D eigenvalue weighted by Crippen LogP contribution is 2.13. The summed E-state index contributed by atoms with van der Waals surface area (Å²) in [4.78, 5) is 20.8. The molecule has 0 aliphatic carbocycles. The Kier molecular flexibility index (Phi) is 4.34. The van der Waals surface area contributed by atoms with E-state index in [-0.39, 0.29) is 12.6 Å². The van der Waals surface area contributed by atoms with Gasteiger partial charge in [0.25, 0.3) is 0 Å². The fraction of sp³-hybridized carbons (Fsp3) is 0.273. The predicted molar refractivity (Wildman–Crippen MR) is 52.9 cm³/mol. The van der Waals surface area contributed by atoms with Gasteiger partial charge in [-0.15, -0.1) is 0 Å². The molecule has 0 amide bonds. The largest absolute Gasteiger partial charge is 0.452 e. The van der Waals surface area contributed by atoms with Gasteiger partial charge in [0.2, 0.25) is 0 Å². The zero-order valence-electron chi connectivity index (χ0n) is 8.36. The second kappa shape index (κ2) is 5.80. The van der Waals surface area contributed by atoms with E-state index in [1.54, 1.807) is 31.2 Å². The molecule has 79 valence electrons. The third kappa shape index (κ3) is 3.81. The maximum atomic E-state index is 10.9. The molecule has 0 unspecified atom stereocenters. The van der Waals surface area contributed by atoms with E-state index in [1.807, 2.05) is 0 Å². The summed E-state index contributed by atoms with van der Waals surface area (Å²) in [5.74, 6) is 0.209. The lowest BCUT2D eigenvalue weighted by atomic mass is 10.2. The van der Waals surface area contributed by atoms with Gasteiger partial charge in [0.05, 0.1) is 0 Å². The van der Waals surface area contributed by atoms with Crippen molar-refractivity contribution in [3.05, 3.63) is 29.8 Å². The number of ether oxygens (including phenoxy) is 2. The van der Waals surface area contributed by atoms with Crippen molar-refractivity contribution in [2.45, 2.75) is 20.0 Å². The molecule has 15 heavy (non-hydrogen) atoms. The number of hydrogen-bond acceptors (Lipinski definition) is 4. The van der Waals surface area contributed by atoms with Gasteiger partial charge in [-0.1, -0.05) is 19.1 Å². The molecule has 4 heteroatoms. The van der Waals surface area contributed by atoms with Gasteiger partial charge in [0, 0.05) is 6.42 Å². The van der Waals surface area contributed by atoms with E-state index >= 15 is 0 Å². The van der Waals surface area contributed by atoms with Gasteiger partial charge < -0.3 is 9.47 Å². The Bertz CT molecular complexity index is 329. The standard InChI is InChI=1S/C11H11O4/c1-2-11(13)15-10-5-3-9(4-6-10)7-14-8-12/h3-6H,2,7H2,1H3. The molecule has 0 saturated carbocycles. The minimum atomic E-state index is -0.278. The molecule has 0 N–H and O–H groups in total. The van der Waals surface area contributed by atoms with Crippen LogP contribution in [0.5, 0.6) is 5.75 Å². The van der Waals surface area contributed by atoms with Crippen molar-refractivity contribution in [2.24, 2.45) is 0 Å². The minimum absolute atomic E-state index is 0.172. The first-order valence-corrected chi connectivity index (χ1v) is 4.54. The molecule has 0 aromatic heterocycles. The van der Waals surface area contributed by atoms with Crippen LogP contribution in [0.4, 0.5) is 0 Å². The molecule has 0 aliphatic heterocycles. The zero-order valence-corrected chi connectivity index (χ0v) is 8.36. The van der Waals surface area contributed by atoms with Gasteiger partial charge in [-0.2, -0.15) is 0 Å². The van der Waals surface area contributed by atoms with E-state index in [0.717, 1.165) is 5.56 Å². The van der Waals surface area contributed by atoms with E-state index in [0.29, 0.717) is 12.2 Å². The molecule has 0 saturated heterocycles. The summed E-state index contributed by atoms with van der Waals surface area (Å²) in [6.45, 7) is 3.24. The smallest absolute Gasteiger partial charge is 0.417 e. The molecule has 0 atom stereocenters. The highest BCUT2D eigenvalue weighted by atomic mass is 16.5. The molecular weight excluding hydrogens is 196 g/mol. The minimum Gasteiger partial charge on any atom is -0.452 e. The van der Waals surface area contributed by atoms with E-state index in [9.17, 15) is 9.59 Å². The summed E-state index contributed by atoms with van der Waals surface area (Å²) < 4.78 is 9.41. The number of hydrogen-bond donors (Lipinski definition) is 0. The van der Waals surface area contributed by atoms with E-state index in [1.165, 1.54) is 6.47 Å². The molecule has 1 radical (unpaired) electrons. The van der Waals surface area contributed by atoms with Crippen LogP contribution in [-0.4, -0.2) is 12.4 Å². The van der Waals surface area contributed by atoms with Gasteiger partial charge >= 0.3 is 12.4 Å². The summed E-state index contributed by atoms with van der Waals surface area (Å²) in [5, 5.41) is 0. The fourth-order valence-corrected chi connectivity index (χ4v) is 0.970. The number of rotatable bonds is 5. The highest BCUT2D eigenvalue weighted by Gasteiger charge is 2.01. The Morgan fingerprint density at radius 3 is 2.53 bits per heavy atom. The molecule has 1 rings (SSSR count). The summed E-state index contributed by atoms with van der Waals surface area (Å²) in [5.41, 5.74) is 0.814. The molecule has 4 nitrogen and oxygen atoms in total. The predicted octanol–water partition coefficient (Wildman–Crippen LogP) is 1.59. The summed E-state index contributed by atoms with van der Waals surface area (Å²) in [7, 11) is 0. The maximum Gasteiger partial charge on any atom is 0.417 e. The van der Waals surface area contributed by atoms with Crippen molar-refractivity contribution in [3.8, 4) is 5.75 Å². The lowest BCUT2D eigenvalue weighted by molar-refractivity contribution is -0.134. The van der Waals surface area contributed by atoms with Gasteiger partial charge in [0.1, 0.15) is 12.4 Å². The van der Waals surface area contributed by atoms with Crippen molar-refractivity contribution in [1.29, 1.82) is 0 Å². The molecule has 0 aliphatic rings. The van der Waals surface area contributed by atoms with Crippen LogP contribution >= 0.6 is 0 Å². The Hall–Kier alpha value is -1.84. The molecule has 0 heterocycles. The quantitative estimate of drug-likeness (QED) is 0.543. The first kappa shape index (κ1) is 11.2. The maximum absolute atomic E-state index is 10.9. The van der Waals surface area contributed by atoms with Crippen molar-refractivity contribution >= 4 is 12.4 Å². The third-order valence-electron chi connectivity index (χ3n) is 1.74. The first-order chi connectivity index (χ1) is 7.26. The van der Waals surface area contributed by atoms with E-state index < -0.39 is 0 Å². The Morgan fingerprint density at radius 2 is 2.00 bits per heavy atom. The van der Waals surface area contributed by atoms with Gasteiger partial charge in [0.15, 0.2) is 0 Å². The number of benzene rings is 1. The monoisotopic (exact) mass is 207 g/mol. The van der Waals surface area contributed by atoms with Crippen LogP contribution < -0.4 is 4.74 Å². The molecule has 1 aromatic carbocycles. The molecule has 0 spiro atoms. The van der Waals surface area contributed by atoms with Crippen LogP contribution in [-0.2, 0) is 20.9 Å². The van der Waals surface area contributed by atoms with Crippen LogP contribution in [0.1, 0.15) is 18.9 Å². The molecular formula is C11H11O4. The van der Waals surface area contributed by atoms with E-state index in [4.69, 9.17) is 4.74 Å². The second-order valence-corrected chi connectivity index (χ2v) is 2.84. The molecule has 0 fully saturated rings. The van der Waals surface area contributed by atoms with Crippen LogP contribution in [0.25, 0.3) is 0 Å². The Balaban J connectivity index is 2.55. The third-order valence-corrected chi connectivity index (χ3v) is 1.74. The van der Waals surface area contributed by atoms with Crippen molar-refractivity contribution < 1.29 is 19.1 Å². The topological polar surface area (TPSA) is 52.6 Å². The number of carbonyl (C=O) groups excluding carboxylic acids is 2.